The summed E-state index contributed by atoms with van der Waals surface area (Å²) >= 11 is 0. The number of hydrogen-bond donors (Lipinski definition) is 0. The summed E-state index contributed by atoms with van der Waals surface area (Å²) in [6, 6.07) is 22.8. The number of nitrogens with zero attached hydrogens (tertiary/aromatic N) is 4. The van der Waals surface area contributed by atoms with Gasteiger partial charge in [0, 0.05) is 46.7 Å². The van der Waals surface area contributed by atoms with Gasteiger partial charge in [-0.1, -0.05) is 109 Å². The zero-order chi connectivity index (χ0) is 32.4. The van der Waals surface area contributed by atoms with Crippen LogP contribution in [-0.2, 0) is 17.3 Å². The van der Waals surface area contributed by atoms with E-state index in [1.807, 2.05) is 24.8 Å². The minimum absolute atomic E-state index is 0.105. The SMILES string of the molecule is CCCc1cc(-c2cnc(C(C)(C)C)nc2)c2ccc3c(-c4cnc(C(C)(C)C)nc4)cc(-c4cccc(C)c4)c4ccc1c2c34. The number of rotatable bonds is 5. The van der Waals surface area contributed by atoms with E-state index in [1.54, 1.807) is 0 Å². The first-order chi connectivity index (χ1) is 21.9. The standard InChI is InChI=1S/C42H42N4/c1-9-11-26-19-34(28-21-43-39(44-22-28)41(3,4)5)31-16-17-33-36(29-23-45-40(46-24-29)42(6,7)8)20-35(27-13-10-12-25(2)18-27)32-15-14-30(26)37(31)38(32)33/h10,12-24H,9,11H2,1-8H3. The Hall–Kier alpha value is -4.70. The molecule has 0 spiro atoms. The smallest absolute Gasteiger partial charge is 0.133 e. The summed E-state index contributed by atoms with van der Waals surface area (Å²) in [7, 11) is 0. The predicted octanol–water partition coefficient (Wildman–Crippen LogP) is 11.0. The normalized spacial score (nSPS) is 12.5. The predicted molar refractivity (Wildman–Crippen MR) is 194 cm³/mol. The third kappa shape index (κ3) is 5.10. The first-order valence-corrected chi connectivity index (χ1v) is 16.4. The topological polar surface area (TPSA) is 51.6 Å². The Kier molecular flexibility index (Phi) is 7.15. The van der Waals surface area contributed by atoms with Gasteiger partial charge in [-0.3, -0.25) is 0 Å². The molecule has 46 heavy (non-hydrogen) atoms. The second-order valence-electron chi connectivity index (χ2n) is 14.8. The summed E-state index contributed by atoms with van der Waals surface area (Å²) in [5, 5.41) is 7.61. The van der Waals surface area contributed by atoms with Crippen LogP contribution in [0.15, 0.2) is 85.5 Å². The molecule has 0 radical (unpaired) electrons. The van der Waals surface area contributed by atoms with Gasteiger partial charge in [-0.15, -0.1) is 0 Å². The molecule has 0 amide bonds. The lowest BCUT2D eigenvalue weighted by Gasteiger charge is -2.22. The summed E-state index contributed by atoms with van der Waals surface area (Å²) in [5.41, 5.74) is 9.24. The van der Waals surface area contributed by atoms with Crippen molar-refractivity contribution in [1.82, 2.24) is 19.9 Å². The van der Waals surface area contributed by atoms with E-state index in [1.165, 1.54) is 60.1 Å². The van der Waals surface area contributed by atoms with Crippen molar-refractivity contribution in [2.24, 2.45) is 0 Å². The molecule has 0 N–H and O–H groups in total. The lowest BCUT2D eigenvalue weighted by molar-refractivity contribution is 0.545. The fourth-order valence-corrected chi connectivity index (χ4v) is 6.78. The molecule has 0 aliphatic carbocycles. The van der Waals surface area contributed by atoms with Crippen molar-refractivity contribution >= 4 is 32.3 Å². The van der Waals surface area contributed by atoms with E-state index < -0.39 is 0 Å². The molecule has 0 aliphatic heterocycles. The first-order valence-electron chi connectivity index (χ1n) is 16.4. The maximum absolute atomic E-state index is 4.84. The lowest BCUT2D eigenvalue weighted by Crippen LogP contribution is -2.15. The molecule has 7 aromatic rings. The van der Waals surface area contributed by atoms with E-state index in [9.17, 15) is 0 Å². The van der Waals surface area contributed by atoms with Crippen LogP contribution in [0.1, 0.15) is 77.7 Å². The van der Waals surface area contributed by atoms with Crippen molar-refractivity contribution in [3.05, 3.63) is 108 Å². The van der Waals surface area contributed by atoms with Gasteiger partial charge in [0.25, 0.3) is 0 Å². The summed E-state index contributed by atoms with van der Waals surface area (Å²) < 4.78 is 0. The Morgan fingerprint density at radius 1 is 0.522 bits per heavy atom. The molecular weight excluding hydrogens is 560 g/mol. The van der Waals surface area contributed by atoms with Crippen molar-refractivity contribution < 1.29 is 0 Å². The molecule has 230 valence electrons. The minimum atomic E-state index is -0.116. The fourth-order valence-electron chi connectivity index (χ4n) is 6.78. The summed E-state index contributed by atoms with van der Waals surface area (Å²) in [6.07, 6.45) is 10.1. The second kappa shape index (κ2) is 11.0. The van der Waals surface area contributed by atoms with Gasteiger partial charge >= 0.3 is 0 Å². The van der Waals surface area contributed by atoms with E-state index in [4.69, 9.17) is 19.9 Å². The van der Waals surface area contributed by atoms with Crippen molar-refractivity contribution in [3.63, 3.8) is 0 Å². The van der Waals surface area contributed by atoms with Gasteiger partial charge in [0.15, 0.2) is 0 Å². The Morgan fingerprint density at radius 2 is 0.978 bits per heavy atom. The molecule has 0 fully saturated rings. The van der Waals surface area contributed by atoms with Gasteiger partial charge < -0.3 is 0 Å². The van der Waals surface area contributed by atoms with Gasteiger partial charge in [0.1, 0.15) is 11.6 Å². The van der Waals surface area contributed by atoms with E-state index in [0.29, 0.717) is 0 Å². The zero-order valence-corrected chi connectivity index (χ0v) is 28.3. The third-order valence-corrected chi connectivity index (χ3v) is 9.10. The van der Waals surface area contributed by atoms with E-state index in [0.717, 1.165) is 41.2 Å². The van der Waals surface area contributed by atoms with E-state index >= 15 is 0 Å². The van der Waals surface area contributed by atoms with Crippen molar-refractivity contribution in [1.29, 1.82) is 0 Å². The third-order valence-electron chi connectivity index (χ3n) is 9.10. The molecule has 0 saturated heterocycles. The van der Waals surface area contributed by atoms with Crippen LogP contribution in [0, 0.1) is 6.92 Å². The van der Waals surface area contributed by atoms with Crippen LogP contribution in [0.5, 0.6) is 0 Å². The molecule has 0 saturated carbocycles. The van der Waals surface area contributed by atoms with Gasteiger partial charge in [-0.2, -0.15) is 0 Å². The van der Waals surface area contributed by atoms with Crippen molar-refractivity contribution in [2.75, 3.05) is 0 Å². The van der Waals surface area contributed by atoms with Crippen molar-refractivity contribution in [3.8, 4) is 33.4 Å². The molecule has 0 unspecified atom stereocenters. The van der Waals surface area contributed by atoms with Crippen molar-refractivity contribution in [2.45, 2.75) is 79.1 Å². The van der Waals surface area contributed by atoms with Gasteiger partial charge in [0.2, 0.25) is 0 Å². The van der Waals surface area contributed by atoms with Gasteiger partial charge in [-0.05, 0) is 85.6 Å². The Morgan fingerprint density at radius 3 is 1.46 bits per heavy atom. The zero-order valence-electron chi connectivity index (χ0n) is 28.3. The summed E-state index contributed by atoms with van der Waals surface area (Å²) in [6.45, 7) is 17.3. The summed E-state index contributed by atoms with van der Waals surface area (Å²) in [4.78, 5) is 19.3. The second-order valence-corrected chi connectivity index (χ2v) is 14.8. The van der Waals surface area contributed by atoms with Crippen LogP contribution in [0.25, 0.3) is 65.7 Å². The average Bonchev–Trinajstić information content (AvgIpc) is 3.03. The minimum Gasteiger partial charge on any atom is -0.240 e. The van der Waals surface area contributed by atoms with Crippen LogP contribution in [0.3, 0.4) is 0 Å². The molecule has 7 rings (SSSR count). The molecule has 0 aliphatic rings. The molecular formula is C42H42N4. The van der Waals surface area contributed by atoms with E-state index in [-0.39, 0.29) is 10.8 Å². The quantitative estimate of drug-likeness (QED) is 0.184. The molecule has 0 bridgehead atoms. The van der Waals surface area contributed by atoms with Crippen LogP contribution in [0.2, 0.25) is 0 Å². The molecule has 2 aromatic heterocycles. The molecule has 0 atom stereocenters. The Bertz CT molecular complexity index is 2210. The lowest BCUT2D eigenvalue weighted by atomic mass is 9.82. The highest BCUT2D eigenvalue weighted by Gasteiger charge is 2.23. The van der Waals surface area contributed by atoms with Crippen LogP contribution in [0.4, 0.5) is 0 Å². The molecule has 5 aromatic carbocycles. The molecule has 4 heteroatoms. The maximum atomic E-state index is 4.84. The number of aromatic nitrogens is 4. The summed E-state index contributed by atoms with van der Waals surface area (Å²) in [5.74, 6) is 1.70. The highest BCUT2D eigenvalue weighted by Crippen LogP contribution is 2.47. The van der Waals surface area contributed by atoms with Crippen LogP contribution < -0.4 is 0 Å². The number of benzene rings is 5. The Labute approximate surface area is 272 Å². The monoisotopic (exact) mass is 602 g/mol. The highest BCUT2D eigenvalue weighted by atomic mass is 14.9. The largest absolute Gasteiger partial charge is 0.240 e. The average molecular weight is 603 g/mol. The number of hydrogen-bond acceptors (Lipinski definition) is 4. The highest BCUT2D eigenvalue weighted by molar-refractivity contribution is 6.30. The fraction of sp³-hybridized carbons (Fsp3) is 0.286. The van der Waals surface area contributed by atoms with Gasteiger partial charge in [0.05, 0.1) is 0 Å². The van der Waals surface area contributed by atoms with Crippen LogP contribution in [-0.4, -0.2) is 19.9 Å². The molecule has 2 heterocycles. The van der Waals surface area contributed by atoms with Crippen LogP contribution >= 0.6 is 0 Å². The maximum Gasteiger partial charge on any atom is 0.133 e. The van der Waals surface area contributed by atoms with E-state index in [2.05, 4.69) is 116 Å². The molecule has 4 nitrogen and oxygen atoms in total. The number of aryl methyl sites for hydroxylation is 2. The first kappa shape index (κ1) is 30.0. The van der Waals surface area contributed by atoms with Gasteiger partial charge in [-0.25, -0.2) is 19.9 Å². The Balaban J connectivity index is 1.59.